The molecule has 1 amide bonds. The van der Waals surface area contributed by atoms with Gasteiger partial charge in [-0.15, -0.1) is 0 Å². The summed E-state index contributed by atoms with van der Waals surface area (Å²) in [6.45, 7) is 1.63. The Labute approximate surface area is 156 Å². The Balaban J connectivity index is 1.51. The van der Waals surface area contributed by atoms with Crippen LogP contribution >= 0.6 is 11.6 Å². The first-order valence-corrected chi connectivity index (χ1v) is 10.3. The van der Waals surface area contributed by atoms with E-state index in [1.807, 2.05) is 0 Å². The second-order valence-electron chi connectivity index (χ2n) is 7.03. The minimum Gasteiger partial charge on any atom is -0.383 e. The van der Waals surface area contributed by atoms with E-state index in [4.69, 9.17) is 21.1 Å². The highest BCUT2D eigenvalue weighted by molar-refractivity contribution is 7.90. The van der Waals surface area contributed by atoms with Crippen LogP contribution in [-0.4, -0.2) is 90.2 Å². The van der Waals surface area contributed by atoms with Gasteiger partial charge in [-0.2, -0.15) is 9.40 Å². The lowest BCUT2D eigenvalue weighted by molar-refractivity contribution is -0.151. The predicted molar refractivity (Wildman–Crippen MR) is 92.2 cm³/mol. The van der Waals surface area contributed by atoms with E-state index in [-0.39, 0.29) is 31.6 Å². The number of morpholine rings is 1. The van der Waals surface area contributed by atoms with E-state index in [0.29, 0.717) is 31.1 Å². The van der Waals surface area contributed by atoms with Crippen LogP contribution in [-0.2, 0) is 30.8 Å². The van der Waals surface area contributed by atoms with E-state index in [0.717, 1.165) is 0 Å². The second kappa shape index (κ2) is 6.45. The summed E-state index contributed by atoms with van der Waals surface area (Å²) < 4.78 is 39.7. The number of ether oxygens (including phenoxy) is 2. The van der Waals surface area contributed by atoms with Crippen molar-refractivity contribution in [2.45, 2.75) is 29.9 Å². The quantitative estimate of drug-likeness (QED) is 0.660. The Morgan fingerprint density at radius 1 is 1.50 bits per heavy atom. The second-order valence-corrected chi connectivity index (χ2v) is 9.58. The molecule has 3 aliphatic heterocycles. The normalized spacial score (nSPS) is 32.8. The first-order valence-electron chi connectivity index (χ1n) is 8.45. The third-order valence-electron chi connectivity index (χ3n) is 5.31. The highest BCUT2D eigenvalue weighted by atomic mass is 35.5. The number of hydrogen-bond acceptors (Lipinski definition) is 6. The van der Waals surface area contributed by atoms with Crippen molar-refractivity contribution < 1.29 is 22.7 Å². The third kappa shape index (κ3) is 2.93. The van der Waals surface area contributed by atoms with Gasteiger partial charge in [0.15, 0.2) is 0 Å². The molecule has 9 nitrogen and oxygen atoms in total. The van der Waals surface area contributed by atoms with Crippen molar-refractivity contribution in [1.82, 2.24) is 19.0 Å². The van der Waals surface area contributed by atoms with Gasteiger partial charge in [-0.1, -0.05) is 11.6 Å². The number of halogens is 1. The number of methoxy groups -OCH3 is 1. The number of nitrogens with zero attached hydrogens (tertiary/aromatic N) is 4. The molecule has 0 saturated carbocycles. The summed E-state index contributed by atoms with van der Waals surface area (Å²) in [5.74, 6) is -0.120. The number of hydrogen-bond donors (Lipinski definition) is 0. The molecule has 144 valence electrons. The van der Waals surface area contributed by atoms with Crippen LogP contribution in [0.2, 0.25) is 5.02 Å². The number of aromatic nitrogens is 2. The predicted octanol–water partition coefficient (Wildman–Crippen LogP) is -0.433. The van der Waals surface area contributed by atoms with E-state index in [2.05, 4.69) is 5.10 Å². The fourth-order valence-electron chi connectivity index (χ4n) is 4.20. The maximum Gasteiger partial charge on any atom is 0.244 e. The van der Waals surface area contributed by atoms with Crippen LogP contribution < -0.4 is 0 Å². The summed E-state index contributed by atoms with van der Waals surface area (Å²) >= 11 is 5.84. The van der Waals surface area contributed by atoms with Crippen molar-refractivity contribution in [2.75, 3.05) is 39.9 Å². The molecule has 11 heteroatoms. The summed E-state index contributed by atoms with van der Waals surface area (Å²) in [7, 11) is -1.91. The highest BCUT2D eigenvalue weighted by Crippen LogP contribution is 2.46. The molecule has 0 radical (unpaired) electrons. The van der Waals surface area contributed by atoms with Gasteiger partial charge in [0, 0.05) is 32.9 Å². The van der Waals surface area contributed by atoms with Gasteiger partial charge in [-0.3, -0.25) is 9.48 Å². The fraction of sp³-hybridized carbons (Fsp3) is 0.733. The molecule has 0 N–H and O–H groups in total. The minimum atomic E-state index is -3.45. The van der Waals surface area contributed by atoms with E-state index < -0.39 is 20.9 Å². The molecule has 4 heterocycles. The van der Waals surface area contributed by atoms with Crippen LogP contribution in [0.25, 0.3) is 0 Å². The standard InChI is InChI=1S/C15H21ClN4O5S/c1-24-3-2-20-10-15-9-18(14(21)8-19-6-11(16)5-17-19)7-12(25-15)4-13(15)26(20,22)23/h5-6,12-13H,2-4,7-10H2,1H3/t12-,13+,15+/m1/s1. The first kappa shape index (κ1) is 18.2. The van der Waals surface area contributed by atoms with Gasteiger partial charge in [0.25, 0.3) is 0 Å². The summed E-state index contributed by atoms with van der Waals surface area (Å²) in [5, 5.41) is 3.89. The van der Waals surface area contributed by atoms with Gasteiger partial charge in [-0.25, -0.2) is 8.42 Å². The van der Waals surface area contributed by atoms with Crippen LogP contribution in [0.1, 0.15) is 6.42 Å². The number of carbonyl (C=O) groups is 1. The molecule has 1 spiro atoms. The van der Waals surface area contributed by atoms with Gasteiger partial charge < -0.3 is 14.4 Å². The molecule has 0 unspecified atom stereocenters. The molecular weight excluding hydrogens is 384 g/mol. The lowest BCUT2D eigenvalue weighted by Gasteiger charge is -2.39. The van der Waals surface area contributed by atoms with E-state index in [1.54, 1.807) is 11.1 Å². The molecule has 2 bridgehead atoms. The number of likely N-dealkylation sites (tertiary alicyclic amines) is 1. The summed E-state index contributed by atoms with van der Waals surface area (Å²) in [6.07, 6.45) is 3.23. The van der Waals surface area contributed by atoms with Gasteiger partial charge in [0.2, 0.25) is 15.9 Å². The van der Waals surface area contributed by atoms with Gasteiger partial charge in [0.1, 0.15) is 17.4 Å². The molecule has 3 fully saturated rings. The van der Waals surface area contributed by atoms with Crippen LogP contribution in [0.3, 0.4) is 0 Å². The molecule has 3 atom stereocenters. The van der Waals surface area contributed by atoms with Gasteiger partial charge in [0.05, 0.1) is 30.5 Å². The molecule has 3 saturated heterocycles. The minimum absolute atomic E-state index is 0.0698. The smallest absolute Gasteiger partial charge is 0.244 e. The summed E-state index contributed by atoms with van der Waals surface area (Å²) in [4.78, 5) is 14.4. The van der Waals surface area contributed by atoms with Gasteiger partial charge in [-0.05, 0) is 6.42 Å². The Hall–Kier alpha value is -1.20. The summed E-state index contributed by atoms with van der Waals surface area (Å²) in [5.41, 5.74) is -0.854. The van der Waals surface area contributed by atoms with E-state index in [9.17, 15) is 13.2 Å². The zero-order valence-electron chi connectivity index (χ0n) is 14.4. The molecule has 4 rings (SSSR count). The number of amides is 1. The number of fused-ring (bicyclic) bond motifs is 1. The molecule has 0 aliphatic carbocycles. The van der Waals surface area contributed by atoms with Crippen LogP contribution in [0.15, 0.2) is 12.4 Å². The fourth-order valence-corrected chi connectivity index (χ4v) is 6.65. The van der Waals surface area contributed by atoms with E-state index in [1.165, 1.54) is 22.3 Å². The lowest BCUT2D eigenvalue weighted by Crippen LogP contribution is -2.57. The van der Waals surface area contributed by atoms with Crippen molar-refractivity contribution in [1.29, 1.82) is 0 Å². The average molecular weight is 405 g/mol. The molecule has 0 aromatic carbocycles. The molecule has 3 aliphatic rings. The molecule has 26 heavy (non-hydrogen) atoms. The van der Waals surface area contributed by atoms with Gasteiger partial charge >= 0.3 is 0 Å². The van der Waals surface area contributed by atoms with Crippen molar-refractivity contribution in [3.05, 3.63) is 17.4 Å². The zero-order chi connectivity index (χ0) is 18.5. The zero-order valence-corrected chi connectivity index (χ0v) is 15.9. The maximum absolute atomic E-state index is 12.8. The number of rotatable bonds is 5. The third-order valence-corrected chi connectivity index (χ3v) is 7.88. The van der Waals surface area contributed by atoms with Crippen molar-refractivity contribution in [2.24, 2.45) is 0 Å². The van der Waals surface area contributed by atoms with Crippen LogP contribution in [0.5, 0.6) is 0 Å². The van der Waals surface area contributed by atoms with Crippen molar-refractivity contribution >= 4 is 27.5 Å². The Bertz CT molecular complexity index is 815. The van der Waals surface area contributed by atoms with E-state index >= 15 is 0 Å². The monoisotopic (exact) mass is 404 g/mol. The first-order chi connectivity index (χ1) is 12.3. The largest absolute Gasteiger partial charge is 0.383 e. The lowest BCUT2D eigenvalue weighted by atomic mass is 9.99. The highest BCUT2D eigenvalue weighted by Gasteiger charge is 2.65. The molecular formula is C15H21ClN4O5S. The number of sulfonamides is 1. The molecule has 1 aromatic rings. The van der Waals surface area contributed by atoms with Crippen molar-refractivity contribution in [3.63, 3.8) is 0 Å². The Kier molecular flexibility index (Phi) is 4.51. The maximum atomic E-state index is 12.8. The Morgan fingerprint density at radius 2 is 2.31 bits per heavy atom. The summed E-state index contributed by atoms with van der Waals surface area (Å²) in [6, 6.07) is 0. The van der Waals surface area contributed by atoms with Crippen molar-refractivity contribution in [3.8, 4) is 0 Å². The topological polar surface area (TPSA) is 94.0 Å². The SMILES string of the molecule is COCCN1C[C@@]23CN(C(=O)Cn4cc(Cl)cn4)C[C@@H](C[C@@H]2S1(=O)=O)O3. The average Bonchev–Trinajstić information content (AvgIpc) is 3.16. The molecule has 1 aromatic heterocycles. The van der Waals surface area contributed by atoms with Crippen LogP contribution in [0, 0.1) is 0 Å². The Morgan fingerprint density at radius 3 is 3.00 bits per heavy atom. The number of carbonyl (C=O) groups excluding carboxylic acids is 1. The van der Waals surface area contributed by atoms with Crippen LogP contribution in [0.4, 0.5) is 0 Å².